The van der Waals surface area contributed by atoms with Crippen LogP contribution in [0.4, 0.5) is 13.2 Å². The van der Waals surface area contributed by atoms with Gasteiger partial charge in [-0.3, -0.25) is 0 Å². The first-order valence-electron chi connectivity index (χ1n) is 6.11. The summed E-state index contributed by atoms with van der Waals surface area (Å²) in [4.78, 5) is 10.4. The number of alkyl halides is 3. The van der Waals surface area contributed by atoms with Crippen molar-refractivity contribution in [3.63, 3.8) is 0 Å². The summed E-state index contributed by atoms with van der Waals surface area (Å²) >= 11 is 0. The molecule has 0 unspecified atom stereocenters. The maximum absolute atomic E-state index is 12.9. The maximum Gasteiger partial charge on any atom is 0.417 e. The Labute approximate surface area is 113 Å². The number of hydrogen-bond donors (Lipinski definition) is 1. The molecule has 0 spiro atoms. The van der Waals surface area contributed by atoms with Gasteiger partial charge >= 0.3 is 12.1 Å². The highest BCUT2D eigenvalue weighted by Gasteiger charge is 2.33. The van der Waals surface area contributed by atoms with Gasteiger partial charge in [-0.05, 0) is 42.5 Å². The van der Waals surface area contributed by atoms with Crippen LogP contribution in [0.1, 0.15) is 24.0 Å². The number of rotatable bonds is 5. The molecule has 0 atom stereocenters. The van der Waals surface area contributed by atoms with E-state index >= 15 is 0 Å². The Hall–Kier alpha value is -1.98. The van der Waals surface area contributed by atoms with Crippen LogP contribution in [0.3, 0.4) is 0 Å². The zero-order valence-corrected chi connectivity index (χ0v) is 10.5. The van der Waals surface area contributed by atoms with Crippen LogP contribution in [0.5, 0.6) is 5.75 Å². The number of aliphatic carboxylic acids is 1. The lowest BCUT2D eigenvalue weighted by atomic mass is 10.1. The number of halogens is 3. The van der Waals surface area contributed by atoms with Crippen LogP contribution < -0.4 is 4.74 Å². The Bertz CT molecular complexity index is 531. The summed E-state index contributed by atoms with van der Waals surface area (Å²) in [6.45, 7) is 0.418. The van der Waals surface area contributed by atoms with Gasteiger partial charge < -0.3 is 9.84 Å². The fraction of sp³-hybridized carbons (Fsp3) is 0.357. The summed E-state index contributed by atoms with van der Waals surface area (Å²) in [7, 11) is 0. The molecule has 0 saturated heterocycles. The smallest absolute Gasteiger partial charge is 0.417 e. The van der Waals surface area contributed by atoms with Crippen LogP contribution in [0.25, 0.3) is 6.08 Å². The van der Waals surface area contributed by atoms with Crippen molar-refractivity contribution in [2.24, 2.45) is 5.92 Å². The molecule has 1 aliphatic rings. The zero-order chi connectivity index (χ0) is 14.8. The molecule has 0 amide bonds. The van der Waals surface area contributed by atoms with Crippen LogP contribution in [-0.4, -0.2) is 17.7 Å². The normalized spacial score (nSPS) is 15.6. The van der Waals surface area contributed by atoms with E-state index in [1.165, 1.54) is 12.1 Å². The molecule has 1 fully saturated rings. The van der Waals surface area contributed by atoms with E-state index in [2.05, 4.69) is 0 Å². The van der Waals surface area contributed by atoms with Gasteiger partial charge in [0.2, 0.25) is 0 Å². The van der Waals surface area contributed by atoms with Gasteiger partial charge in [0.1, 0.15) is 5.75 Å². The molecule has 1 aromatic rings. The van der Waals surface area contributed by atoms with E-state index in [1.807, 2.05) is 0 Å². The molecule has 20 heavy (non-hydrogen) atoms. The highest BCUT2D eigenvalue weighted by Crippen LogP contribution is 2.36. The van der Waals surface area contributed by atoms with Gasteiger partial charge in [-0.25, -0.2) is 4.79 Å². The van der Waals surface area contributed by atoms with E-state index in [-0.39, 0.29) is 11.3 Å². The molecule has 1 aliphatic carbocycles. The predicted octanol–water partition coefficient (Wildman–Crippen LogP) is 3.59. The van der Waals surface area contributed by atoms with Crippen molar-refractivity contribution >= 4 is 12.0 Å². The van der Waals surface area contributed by atoms with Crippen LogP contribution >= 0.6 is 0 Å². The highest BCUT2D eigenvalue weighted by atomic mass is 19.4. The molecular weight excluding hydrogens is 273 g/mol. The van der Waals surface area contributed by atoms with E-state index in [0.717, 1.165) is 25.0 Å². The molecule has 3 nitrogen and oxygen atoms in total. The number of carboxylic acid groups (broad SMARTS) is 1. The van der Waals surface area contributed by atoms with E-state index in [0.29, 0.717) is 18.6 Å². The number of carboxylic acids is 1. The number of hydrogen-bond acceptors (Lipinski definition) is 2. The third kappa shape index (κ3) is 4.01. The van der Waals surface area contributed by atoms with Crippen LogP contribution in [0.15, 0.2) is 24.3 Å². The summed E-state index contributed by atoms with van der Waals surface area (Å²) < 4.78 is 44.1. The van der Waals surface area contributed by atoms with Crippen LogP contribution in [-0.2, 0) is 11.0 Å². The van der Waals surface area contributed by atoms with Crippen molar-refractivity contribution in [1.29, 1.82) is 0 Å². The Kier molecular flexibility index (Phi) is 4.01. The summed E-state index contributed by atoms with van der Waals surface area (Å²) in [6.07, 6.45) is -0.862. The van der Waals surface area contributed by atoms with Gasteiger partial charge in [0.25, 0.3) is 0 Å². The van der Waals surface area contributed by atoms with Gasteiger partial charge in [0.15, 0.2) is 0 Å². The minimum atomic E-state index is -4.56. The highest BCUT2D eigenvalue weighted by molar-refractivity contribution is 5.85. The maximum atomic E-state index is 12.9. The summed E-state index contributed by atoms with van der Waals surface area (Å²) in [5, 5.41) is 8.48. The topological polar surface area (TPSA) is 46.5 Å². The molecule has 0 heterocycles. The lowest BCUT2D eigenvalue weighted by Gasteiger charge is -2.13. The van der Waals surface area contributed by atoms with Crippen LogP contribution in [0, 0.1) is 5.92 Å². The quantitative estimate of drug-likeness (QED) is 0.841. The first-order valence-corrected chi connectivity index (χ1v) is 6.11. The average Bonchev–Trinajstić information content (AvgIpc) is 3.17. The number of ether oxygens (including phenoxy) is 1. The summed E-state index contributed by atoms with van der Waals surface area (Å²) in [5.74, 6) is -0.709. The van der Waals surface area contributed by atoms with Gasteiger partial charge in [0, 0.05) is 6.08 Å². The van der Waals surface area contributed by atoms with Crippen molar-refractivity contribution in [3.8, 4) is 5.75 Å². The van der Waals surface area contributed by atoms with Crippen molar-refractivity contribution < 1.29 is 27.8 Å². The average molecular weight is 286 g/mol. The molecular formula is C14H13F3O3. The van der Waals surface area contributed by atoms with E-state index in [4.69, 9.17) is 9.84 Å². The molecule has 0 aromatic heterocycles. The minimum Gasteiger partial charge on any atom is -0.493 e. The number of carbonyl (C=O) groups is 1. The predicted molar refractivity (Wildman–Crippen MR) is 66.3 cm³/mol. The van der Waals surface area contributed by atoms with Crippen molar-refractivity contribution in [1.82, 2.24) is 0 Å². The summed E-state index contributed by atoms with van der Waals surface area (Å²) in [5.41, 5.74) is -1.10. The van der Waals surface area contributed by atoms with Gasteiger partial charge in [-0.15, -0.1) is 0 Å². The van der Waals surface area contributed by atoms with Crippen LogP contribution in [0.2, 0.25) is 0 Å². The molecule has 108 valence electrons. The van der Waals surface area contributed by atoms with Gasteiger partial charge in [-0.1, -0.05) is 6.07 Å². The monoisotopic (exact) mass is 286 g/mol. The van der Waals surface area contributed by atoms with E-state index in [1.54, 1.807) is 0 Å². The zero-order valence-electron chi connectivity index (χ0n) is 10.5. The Morgan fingerprint density at radius 2 is 2.10 bits per heavy atom. The molecule has 0 radical (unpaired) electrons. The first kappa shape index (κ1) is 14.4. The molecule has 1 saturated carbocycles. The summed E-state index contributed by atoms with van der Waals surface area (Å²) in [6, 6.07) is 3.54. The Morgan fingerprint density at radius 1 is 1.40 bits per heavy atom. The molecule has 1 N–H and O–H groups in total. The van der Waals surface area contributed by atoms with E-state index < -0.39 is 17.7 Å². The second-order valence-corrected chi connectivity index (χ2v) is 4.67. The molecule has 0 aliphatic heterocycles. The molecule has 6 heteroatoms. The molecule has 1 aromatic carbocycles. The Balaban J connectivity index is 2.24. The lowest BCUT2D eigenvalue weighted by molar-refractivity contribution is -0.138. The van der Waals surface area contributed by atoms with Crippen molar-refractivity contribution in [2.75, 3.05) is 6.61 Å². The minimum absolute atomic E-state index is 0.150. The Morgan fingerprint density at radius 3 is 2.65 bits per heavy atom. The molecule has 0 bridgehead atoms. The third-order valence-corrected chi connectivity index (χ3v) is 2.92. The second-order valence-electron chi connectivity index (χ2n) is 4.67. The largest absolute Gasteiger partial charge is 0.493 e. The fourth-order valence-corrected chi connectivity index (χ4v) is 1.68. The molecule has 2 rings (SSSR count). The second kappa shape index (κ2) is 5.56. The third-order valence-electron chi connectivity index (χ3n) is 2.92. The standard InChI is InChI=1S/C14H13F3O3/c15-14(16,17)12-7-11(20-8-9-1-2-9)5-3-10(12)4-6-13(18)19/h3-7,9H,1-2,8H2,(H,18,19)/b6-4+. The van der Waals surface area contributed by atoms with Gasteiger partial charge in [0.05, 0.1) is 12.2 Å². The van der Waals surface area contributed by atoms with Gasteiger partial charge in [-0.2, -0.15) is 13.2 Å². The SMILES string of the molecule is O=C(O)/C=C/c1ccc(OCC2CC2)cc1C(F)(F)F. The van der Waals surface area contributed by atoms with E-state index in [9.17, 15) is 18.0 Å². The number of benzene rings is 1. The fourth-order valence-electron chi connectivity index (χ4n) is 1.68. The lowest BCUT2D eigenvalue weighted by Crippen LogP contribution is -2.09. The van der Waals surface area contributed by atoms with Crippen molar-refractivity contribution in [2.45, 2.75) is 19.0 Å². The van der Waals surface area contributed by atoms with Crippen molar-refractivity contribution in [3.05, 3.63) is 35.4 Å². The first-order chi connectivity index (χ1) is 9.36.